The maximum absolute atomic E-state index is 12.4. The number of nitrogens with one attached hydrogen (secondary N) is 1. The van der Waals surface area contributed by atoms with Gasteiger partial charge in [-0.25, -0.2) is 0 Å². The Kier molecular flexibility index (Phi) is 5.35. The number of rotatable bonds is 5. The second-order valence-corrected chi connectivity index (χ2v) is 4.33. The van der Waals surface area contributed by atoms with Gasteiger partial charge in [-0.2, -0.15) is 13.2 Å². The highest BCUT2D eigenvalue weighted by Crippen LogP contribution is 2.28. The number of carbonyl (C=O) groups excluding carboxylic acids is 1. The van der Waals surface area contributed by atoms with E-state index in [0.29, 0.717) is 0 Å². The lowest BCUT2D eigenvalue weighted by molar-refractivity contribution is -0.187. The van der Waals surface area contributed by atoms with Gasteiger partial charge in [-0.1, -0.05) is 30.3 Å². The Morgan fingerprint density at radius 3 is 2.37 bits per heavy atom. The molecule has 0 aromatic heterocycles. The average Bonchev–Trinajstić information content (AvgIpc) is 2.35. The molecule has 2 N–H and O–H groups in total. The summed E-state index contributed by atoms with van der Waals surface area (Å²) in [5.74, 6) is -2.75. The molecule has 0 fully saturated rings. The summed E-state index contributed by atoms with van der Waals surface area (Å²) in [5.41, 5.74) is 0.809. The molecule has 19 heavy (non-hydrogen) atoms. The van der Waals surface area contributed by atoms with E-state index in [9.17, 15) is 18.0 Å². The Labute approximate surface area is 109 Å². The fourth-order valence-corrected chi connectivity index (χ4v) is 1.63. The Morgan fingerprint density at radius 1 is 1.32 bits per heavy atom. The van der Waals surface area contributed by atoms with Crippen LogP contribution in [0.4, 0.5) is 13.2 Å². The second kappa shape index (κ2) is 6.56. The number of halogens is 3. The van der Waals surface area contributed by atoms with Crippen molar-refractivity contribution in [3.63, 3.8) is 0 Å². The van der Waals surface area contributed by atoms with Crippen molar-refractivity contribution in [2.24, 2.45) is 5.92 Å². The van der Waals surface area contributed by atoms with Gasteiger partial charge in [0.25, 0.3) is 0 Å². The van der Waals surface area contributed by atoms with Crippen molar-refractivity contribution in [2.75, 3.05) is 6.61 Å². The first-order chi connectivity index (χ1) is 8.84. The van der Waals surface area contributed by atoms with Crippen LogP contribution in [0, 0.1) is 5.92 Å². The second-order valence-electron chi connectivity index (χ2n) is 4.33. The van der Waals surface area contributed by atoms with E-state index in [0.717, 1.165) is 5.56 Å². The Morgan fingerprint density at radius 2 is 1.89 bits per heavy atom. The maximum Gasteiger partial charge on any atom is 0.394 e. The number of alkyl halides is 3. The van der Waals surface area contributed by atoms with Crippen LogP contribution in [0.3, 0.4) is 0 Å². The topological polar surface area (TPSA) is 49.3 Å². The average molecular weight is 275 g/mol. The Balaban J connectivity index is 2.56. The normalized spacial score (nSPS) is 14.8. The van der Waals surface area contributed by atoms with Gasteiger partial charge < -0.3 is 10.4 Å². The first kappa shape index (κ1) is 15.5. The van der Waals surface area contributed by atoms with Gasteiger partial charge in [0.05, 0.1) is 18.6 Å². The van der Waals surface area contributed by atoms with E-state index in [1.54, 1.807) is 31.2 Å². The van der Waals surface area contributed by atoms with Gasteiger partial charge in [-0.3, -0.25) is 4.79 Å². The summed E-state index contributed by atoms with van der Waals surface area (Å²) in [6.45, 7) is 0.603. The quantitative estimate of drug-likeness (QED) is 0.867. The third-order valence-corrected chi connectivity index (χ3v) is 2.79. The van der Waals surface area contributed by atoms with Gasteiger partial charge in [0, 0.05) is 6.42 Å². The lowest BCUT2D eigenvalue weighted by atomic mass is 10.0. The Hall–Kier alpha value is -1.56. The van der Waals surface area contributed by atoms with Gasteiger partial charge in [0.1, 0.15) is 0 Å². The van der Waals surface area contributed by atoms with Crippen molar-refractivity contribution in [3.8, 4) is 0 Å². The number of amides is 1. The van der Waals surface area contributed by atoms with Crippen LogP contribution < -0.4 is 5.32 Å². The van der Waals surface area contributed by atoms with Crippen LogP contribution in [0.2, 0.25) is 0 Å². The highest BCUT2D eigenvalue weighted by molar-refractivity contribution is 5.76. The SMILES string of the molecule is C[C@H](NC(=O)C[C@H](CO)C(F)(F)F)c1ccccc1. The molecule has 3 nitrogen and oxygen atoms in total. The van der Waals surface area contributed by atoms with Crippen LogP contribution in [0.15, 0.2) is 30.3 Å². The number of benzene rings is 1. The summed E-state index contributed by atoms with van der Waals surface area (Å²) in [6, 6.07) is 8.55. The molecule has 0 heterocycles. The molecule has 1 rings (SSSR count). The predicted octanol–water partition coefficient (Wildman–Crippen LogP) is 2.42. The van der Waals surface area contributed by atoms with E-state index < -0.39 is 31.0 Å². The van der Waals surface area contributed by atoms with Gasteiger partial charge in [-0.05, 0) is 12.5 Å². The van der Waals surface area contributed by atoms with Crippen LogP contribution in [0.1, 0.15) is 24.9 Å². The standard InChI is InChI=1S/C13H16F3NO2/c1-9(10-5-3-2-4-6-10)17-12(19)7-11(8-18)13(14,15)16/h2-6,9,11,18H,7-8H2,1H3,(H,17,19)/t9-,11+/m0/s1. The first-order valence-corrected chi connectivity index (χ1v) is 5.86. The number of aliphatic hydroxyl groups is 1. The minimum Gasteiger partial charge on any atom is -0.396 e. The molecule has 0 saturated heterocycles. The summed E-state index contributed by atoms with van der Waals surface area (Å²) >= 11 is 0. The fraction of sp³-hybridized carbons (Fsp3) is 0.462. The summed E-state index contributed by atoms with van der Waals surface area (Å²) in [6.07, 6.45) is -5.33. The van der Waals surface area contributed by atoms with E-state index in [1.165, 1.54) is 0 Å². The molecule has 0 aliphatic rings. The first-order valence-electron chi connectivity index (χ1n) is 5.86. The van der Waals surface area contributed by atoms with E-state index in [1.807, 2.05) is 6.07 Å². The predicted molar refractivity (Wildman–Crippen MR) is 64.2 cm³/mol. The van der Waals surface area contributed by atoms with E-state index >= 15 is 0 Å². The van der Waals surface area contributed by atoms with E-state index in [-0.39, 0.29) is 6.04 Å². The van der Waals surface area contributed by atoms with Gasteiger partial charge in [-0.15, -0.1) is 0 Å². The van der Waals surface area contributed by atoms with Crippen molar-refractivity contribution in [3.05, 3.63) is 35.9 Å². The molecule has 0 unspecified atom stereocenters. The summed E-state index contributed by atoms with van der Waals surface area (Å²) in [4.78, 5) is 11.5. The lowest BCUT2D eigenvalue weighted by Gasteiger charge is -2.19. The van der Waals surface area contributed by atoms with E-state index in [4.69, 9.17) is 5.11 Å². The molecular formula is C13H16F3NO2. The molecule has 1 aromatic carbocycles. The van der Waals surface area contributed by atoms with Crippen molar-refractivity contribution < 1.29 is 23.1 Å². The number of hydrogen-bond acceptors (Lipinski definition) is 2. The molecule has 0 aliphatic heterocycles. The molecule has 2 atom stereocenters. The van der Waals surface area contributed by atoms with Crippen LogP contribution >= 0.6 is 0 Å². The van der Waals surface area contributed by atoms with Gasteiger partial charge >= 0.3 is 6.18 Å². The summed E-state index contributed by atoms with van der Waals surface area (Å²) < 4.78 is 37.2. The van der Waals surface area contributed by atoms with Gasteiger partial charge in [0.15, 0.2) is 0 Å². The summed E-state index contributed by atoms with van der Waals surface area (Å²) in [5, 5.41) is 11.1. The minimum absolute atomic E-state index is 0.374. The Bertz CT molecular complexity index is 406. The third-order valence-electron chi connectivity index (χ3n) is 2.79. The smallest absolute Gasteiger partial charge is 0.394 e. The van der Waals surface area contributed by atoms with Gasteiger partial charge in [0.2, 0.25) is 5.91 Å². The summed E-state index contributed by atoms with van der Waals surface area (Å²) in [7, 11) is 0. The largest absolute Gasteiger partial charge is 0.396 e. The van der Waals surface area contributed by atoms with E-state index in [2.05, 4.69) is 5.32 Å². The van der Waals surface area contributed by atoms with Crippen molar-refractivity contribution in [1.29, 1.82) is 0 Å². The zero-order chi connectivity index (χ0) is 14.5. The molecule has 0 aliphatic carbocycles. The number of carbonyl (C=O) groups is 1. The minimum atomic E-state index is -4.57. The molecule has 6 heteroatoms. The number of hydrogen-bond donors (Lipinski definition) is 2. The van der Waals surface area contributed by atoms with Crippen molar-refractivity contribution in [1.82, 2.24) is 5.32 Å². The third kappa shape index (κ3) is 4.90. The molecule has 0 radical (unpaired) electrons. The molecular weight excluding hydrogens is 259 g/mol. The maximum atomic E-state index is 12.4. The highest BCUT2D eigenvalue weighted by atomic mass is 19.4. The molecule has 0 spiro atoms. The number of aliphatic hydroxyl groups excluding tert-OH is 1. The lowest BCUT2D eigenvalue weighted by Crippen LogP contribution is -2.34. The van der Waals surface area contributed by atoms with Crippen molar-refractivity contribution in [2.45, 2.75) is 25.6 Å². The monoisotopic (exact) mass is 275 g/mol. The van der Waals surface area contributed by atoms with Crippen LogP contribution in [-0.4, -0.2) is 23.8 Å². The highest BCUT2D eigenvalue weighted by Gasteiger charge is 2.40. The van der Waals surface area contributed by atoms with Crippen molar-refractivity contribution >= 4 is 5.91 Å². The molecule has 0 saturated carbocycles. The fourth-order valence-electron chi connectivity index (χ4n) is 1.63. The molecule has 1 amide bonds. The zero-order valence-electron chi connectivity index (χ0n) is 10.4. The van der Waals surface area contributed by atoms with Crippen LogP contribution in [-0.2, 0) is 4.79 Å². The van der Waals surface area contributed by atoms with Crippen LogP contribution in [0.5, 0.6) is 0 Å². The molecule has 0 bridgehead atoms. The molecule has 106 valence electrons. The molecule has 1 aromatic rings. The van der Waals surface area contributed by atoms with Crippen LogP contribution in [0.25, 0.3) is 0 Å². The zero-order valence-corrected chi connectivity index (χ0v) is 10.4.